The molecule has 4 rings (SSSR count). The van der Waals surface area contributed by atoms with Gasteiger partial charge >= 0.3 is 0 Å². The lowest BCUT2D eigenvalue weighted by Gasteiger charge is -2.06. The van der Waals surface area contributed by atoms with Crippen molar-refractivity contribution in [2.45, 2.75) is 20.8 Å². The largest absolute Gasteiger partial charge is 0.494 e. The van der Waals surface area contributed by atoms with Crippen molar-refractivity contribution >= 4 is 17.9 Å². The molecule has 1 N–H and O–H groups in total. The van der Waals surface area contributed by atoms with Gasteiger partial charge in [-0.25, -0.2) is 4.98 Å². The highest BCUT2D eigenvalue weighted by molar-refractivity contribution is 7.71. The number of benzene rings is 2. The van der Waals surface area contributed by atoms with E-state index < -0.39 is 0 Å². The van der Waals surface area contributed by atoms with Crippen LogP contribution in [0.4, 0.5) is 0 Å². The number of hydrogen-bond donors (Lipinski definition) is 1. The Hall–Kier alpha value is -2.92. The van der Waals surface area contributed by atoms with Gasteiger partial charge in [0.1, 0.15) is 11.4 Å². The van der Waals surface area contributed by atoms with Crippen LogP contribution in [-0.2, 0) is 0 Å². The fourth-order valence-electron chi connectivity index (χ4n) is 3.39. The van der Waals surface area contributed by atoms with Crippen molar-refractivity contribution in [1.82, 2.24) is 14.4 Å². The SMILES string of the molecule is CCOc1ccc(-c2cnc(=S)n3cc(-c4cc(C)cc(C)c4)[nH]c23)cc1. The van der Waals surface area contributed by atoms with E-state index in [1.807, 2.05) is 48.0 Å². The predicted octanol–water partition coefficient (Wildman–Crippen LogP) is 5.74. The summed E-state index contributed by atoms with van der Waals surface area (Å²) in [5, 5.41) is 0. The first kappa shape index (κ1) is 17.5. The number of rotatable bonds is 4. The molecule has 0 aliphatic rings. The summed E-state index contributed by atoms with van der Waals surface area (Å²) in [6.07, 6.45) is 3.85. The van der Waals surface area contributed by atoms with Crippen LogP contribution in [0.25, 0.3) is 28.0 Å². The number of H-pyrrole nitrogens is 1. The third-order valence-electron chi connectivity index (χ3n) is 4.53. The van der Waals surface area contributed by atoms with Gasteiger partial charge in [0.25, 0.3) is 0 Å². The molecule has 5 heteroatoms. The molecule has 136 valence electrons. The van der Waals surface area contributed by atoms with Crippen molar-refractivity contribution in [3.63, 3.8) is 0 Å². The van der Waals surface area contributed by atoms with E-state index in [4.69, 9.17) is 17.0 Å². The smallest absolute Gasteiger partial charge is 0.205 e. The van der Waals surface area contributed by atoms with Gasteiger partial charge < -0.3 is 9.72 Å². The molecular formula is C22H21N3OS. The monoisotopic (exact) mass is 375 g/mol. The topological polar surface area (TPSA) is 42.3 Å². The van der Waals surface area contributed by atoms with E-state index in [0.717, 1.165) is 33.8 Å². The van der Waals surface area contributed by atoms with E-state index in [2.05, 4.69) is 42.0 Å². The minimum atomic E-state index is 0.534. The Morgan fingerprint density at radius 3 is 2.41 bits per heavy atom. The number of nitrogens with zero attached hydrogens (tertiary/aromatic N) is 2. The molecule has 0 aliphatic heterocycles. The summed E-state index contributed by atoms with van der Waals surface area (Å²) < 4.78 is 8.01. The predicted molar refractivity (Wildman–Crippen MR) is 112 cm³/mol. The van der Waals surface area contributed by atoms with E-state index >= 15 is 0 Å². The molecule has 0 aliphatic carbocycles. The van der Waals surface area contributed by atoms with Gasteiger partial charge in [0, 0.05) is 23.5 Å². The van der Waals surface area contributed by atoms with Crippen LogP contribution in [0, 0.1) is 18.6 Å². The van der Waals surface area contributed by atoms with Crippen LogP contribution in [0.2, 0.25) is 0 Å². The van der Waals surface area contributed by atoms with Crippen LogP contribution in [-0.4, -0.2) is 21.0 Å². The van der Waals surface area contributed by atoms with Crippen LogP contribution in [0.15, 0.2) is 54.9 Å². The van der Waals surface area contributed by atoms with Crippen LogP contribution < -0.4 is 4.74 Å². The fraction of sp³-hybridized carbons (Fsp3) is 0.182. The molecule has 0 spiro atoms. The molecular weight excluding hydrogens is 354 g/mol. The Kier molecular flexibility index (Phi) is 4.54. The van der Waals surface area contributed by atoms with Crippen molar-refractivity contribution in [3.8, 4) is 28.1 Å². The summed E-state index contributed by atoms with van der Waals surface area (Å²) >= 11 is 5.45. The van der Waals surface area contributed by atoms with Gasteiger partial charge in [-0.1, -0.05) is 29.3 Å². The second-order valence-electron chi connectivity index (χ2n) is 6.67. The third-order valence-corrected chi connectivity index (χ3v) is 4.83. The van der Waals surface area contributed by atoms with E-state index in [0.29, 0.717) is 11.4 Å². The number of ether oxygens (including phenoxy) is 1. The lowest BCUT2D eigenvalue weighted by atomic mass is 10.1. The Morgan fingerprint density at radius 1 is 1.04 bits per heavy atom. The van der Waals surface area contributed by atoms with Crippen LogP contribution in [0.3, 0.4) is 0 Å². The summed E-state index contributed by atoms with van der Waals surface area (Å²) in [5.74, 6) is 0.861. The molecule has 0 saturated heterocycles. The molecule has 2 aromatic carbocycles. The van der Waals surface area contributed by atoms with E-state index in [1.54, 1.807) is 0 Å². The number of imidazole rings is 1. The molecule has 0 unspecified atom stereocenters. The number of hydrogen-bond acceptors (Lipinski definition) is 3. The summed E-state index contributed by atoms with van der Waals surface area (Å²) in [6.45, 7) is 6.85. The average Bonchev–Trinajstić information content (AvgIpc) is 3.09. The third kappa shape index (κ3) is 3.38. The molecule has 0 amide bonds. The second kappa shape index (κ2) is 7.00. The molecule has 4 nitrogen and oxygen atoms in total. The molecule has 0 saturated carbocycles. The maximum atomic E-state index is 5.54. The Bertz CT molecular complexity index is 1150. The zero-order valence-corrected chi connectivity index (χ0v) is 16.4. The number of fused-ring (bicyclic) bond motifs is 1. The second-order valence-corrected chi connectivity index (χ2v) is 7.04. The van der Waals surface area contributed by atoms with Gasteiger partial charge in [0.05, 0.1) is 12.3 Å². The lowest BCUT2D eigenvalue weighted by Crippen LogP contribution is -1.93. The van der Waals surface area contributed by atoms with Crippen molar-refractivity contribution in [3.05, 3.63) is 70.8 Å². The minimum absolute atomic E-state index is 0.534. The van der Waals surface area contributed by atoms with Gasteiger partial charge in [-0.2, -0.15) is 0 Å². The normalized spacial score (nSPS) is 11.1. The first-order valence-electron chi connectivity index (χ1n) is 8.97. The first-order valence-corrected chi connectivity index (χ1v) is 9.38. The highest BCUT2D eigenvalue weighted by Gasteiger charge is 2.11. The molecule has 0 bridgehead atoms. The maximum Gasteiger partial charge on any atom is 0.205 e. The zero-order valence-electron chi connectivity index (χ0n) is 15.6. The van der Waals surface area contributed by atoms with E-state index in [1.165, 1.54) is 11.1 Å². The molecule has 0 radical (unpaired) electrons. The van der Waals surface area contributed by atoms with Gasteiger partial charge in [-0.05, 0) is 62.8 Å². The van der Waals surface area contributed by atoms with E-state index in [-0.39, 0.29) is 0 Å². The van der Waals surface area contributed by atoms with Gasteiger partial charge in [-0.15, -0.1) is 0 Å². The summed E-state index contributed by atoms with van der Waals surface area (Å²) in [4.78, 5) is 7.95. The first-order chi connectivity index (χ1) is 13.0. The maximum absolute atomic E-state index is 5.54. The van der Waals surface area contributed by atoms with Crippen molar-refractivity contribution in [2.24, 2.45) is 0 Å². The zero-order chi connectivity index (χ0) is 19.0. The van der Waals surface area contributed by atoms with Crippen LogP contribution >= 0.6 is 12.2 Å². The average molecular weight is 375 g/mol. The standard InChI is InChI=1S/C22H21N3OS/c1-4-26-18-7-5-16(6-8-18)19-12-23-22(27)25-13-20(24-21(19)25)17-10-14(2)9-15(3)11-17/h5-13,24H,4H2,1-3H3. The Balaban J connectivity index is 1.86. The van der Waals surface area contributed by atoms with Crippen molar-refractivity contribution < 1.29 is 4.74 Å². The number of aromatic amines is 1. The Labute approximate surface area is 163 Å². The number of nitrogens with one attached hydrogen (secondary N) is 1. The molecule has 4 aromatic rings. The van der Waals surface area contributed by atoms with Crippen molar-refractivity contribution in [1.29, 1.82) is 0 Å². The summed E-state index contributed by atoms with van der Waals surface area (Å²) in [5.41, 5.74) is 7.63. The van der Waals surface area contributed by atoms with Crippen LogP contribution in [0.5, 0.6) is 5.75 Å². The highest BCUT2D eigenvalue weighted by Crippen LogP contribution is 2.29. The molecule has 2 aromatic heterocycles. The summed E-state index contributed by atoms with van der Waals surface area (Å²) in [6, 6.07) is 14.6. The number of aromatic nitrogens is 3. The van der Waals surface area contributed by atoms with Gasteiger partial charge in [-0.3, -0.25) is 4.40 Å². The van der Waals surface area contributed by atoms with Gasteiger partial charge in [0.15, 0.2) is 0 Å². The number of aryl methyl sites for hydroxylation is 2. The van der Waals surface area contributed by atoms with Gasteiger partial charge in [0.2, 0.25) is 4.77 Å². The Morgan fingerprint density at radius 2 is 1.74 bits per heavy atom. The van der Waals surface area contributed by atoms with Crippen LogP contribution in [0.1, 0.15) is 18.1 Å². The minimum Gasteiger partial charge on any atom is -0.494 e. The molecule has 0 atom stereocenters. The molecule has 2 heterocycles. The molecule has 0 fully saturated rings. The summed E-state index contributed by atoms with van der Waals surface area (Å²) in [7, 11) is 0. The van der Waals surface area contributed by atoms with E-state index in [9.17, 15) is 0 Å². The quantitative estimate of drug-likeness (QED) is 0.462. The fourth-order valence-corrected chi connectivity index (χ4v) is 3.59. The highest BCUT2D eigenvalue weighted by atomic mass is 32.1. The molecule has 27 heavy (non-hydrogen) atoms. The lowest BCUT2D eigenvalue weighted by molar-refractivity contribution is 0.340. The van der Waals surface area contributed by atoms with Crippen molar-refractivity contribution in [2.75, 3.05) is 6.61 Å².